The van der Waals surface area contributed by atoms with E-state index in [9.17, 15) is 8.78 Å². The fraction of sp³-hybridized carbons (Fsp3) is 0.357. The maximum absolute atomic E-state index is 12.4. The molecule has 1 aromatic heterocycles. The number of alkyl halides is 2. The first kappa shape index (κ1) is 14.7. The van der Waals surface area contributed by atoms with Gasteiger partial charge in [0, 0.05) is 16.6 Å². The van der Waals surface area contributed by atoms with Gasteiger partial charge < -0.3 is 10.1 Å². The van der Waals surface area contributed by atoms with Gasteiger partial charge in [-0.1, -0.05) is 25.1 Å². The topological polar surface area (TPSA) is 34.2 Å². The number of halogens is 2. The number of nitrogens with zero attached hydrogens (tertiary/aromatic N) is 1. The van der Waals surface area contributed by atoms with Crippen molar-refractivity contribution in [3.05, 3.63) is 40.9 Å². The molecular weight excluding hydrogens is 282 g/mol. The number of thiazole rings is 1. The molecule has 0 saturated heterocycles. The number of benzene rings is 1. The predicted octanol–water partition coefficient (Wildman–Crippen LogP) is 4.62. The summed E-state index contributed by atoms with van der Waals surface area (Å²) in [7, 11) is 0. The Bertz CT molecular complexity index is 560. The summed E-state index contributed by atoms with van der Waals surface area (Å²) >= 11 is 1.53. The third kappa shape index (κ3) is 3.66. The minimum atomic E-state index is -2.82. The first-order chi connectivity index (χ1) is 9.60. The normalized spacial score (nSPS) is 12.4. The van der Waals surface area contributed by atoms with Crippen molar-refractivity contribution < 1.29 is 13.5 Å². The number of hydrogen-bond acceptors (Lipinski definition) is 4. The van der Waals surface area contributed by atoms with Gasteiger partial charge in [0.1, 0.15) is 5.75 Å². The Kier molecular flexibility index (Phi) is 4.89. The Hall–Kier alpha value is -1.69. The van der Waals surface area contributed by atoms with E-state index >= 15 is 0 Å². The molecule has 1 atom stereocenters. The van der Waals surface area contributed by atoms with Crippen molar-refractivity contribution in [1.82, 2.24) is 4.98 Å². The standard InChI is InChI=1S/C14H16F2N2OS/c1-3-11(18-14-17-8-9(2)20-14)10-6-4-5-7-12(10)19-13(15)16/h4-8,11,13H,3H2,1-2H3,(H,17,18). The Morgan fingerprint density at radius 3 is 2.70 bits per heavy atom. The Balaban J connectivity index is 2.22. The molecule has 2 rings (SSSR count). The molecule has 108 valence electrons. The van der Waals surface area contributed by atoms with E-state index in [4.69, 9.17) is 0 Å². The Labute approximate surface area is 120 Å². The number of aromatic nitrogens is 1. The van der Waals surface area contributed by atoms with Crippen molar-refractivity contribution in [2.45, 2.75) is 32.9 Å². The van der Waals surface area contributed by atoms with Gasteiger partial charge in [0.05, 0.1) is 6.04 Å². The highest BCUT2D eigenvalue weighted by molar-refractivity contribution is 7.15. The second kappa shape index (κ2) is 6.65. The minimum Gasteiger partial charge on any atom is -0.434 e. The number of para-hydroxylation sites is 1. The molecule has 0 aliphatic carbocycles. The highest BCUT2D eigenvalue weighted by atomic mass is 32.1. The van der Waals surface area contributed by atoms with E-state index in [1.54, 1.807) is 24.4 Å². The lowest BCUT2D eigenvalue weighted by atomic mass is 10.0. The van der Waals surface area contributed by atoms with Crippen molar-refractivity contribution in [1.29, 1.82) is 0 Å². The predicted molar refractivity (Wildman–Crippen MR) is 76.6 cm³/mol. The summed E-state index contributed by atoms with van der Waals surface area (Å²) in [6, 6.07) is 6.72. The molecule has 0 bridgehead atoms. The minimum absolute atomic E-state index is 0.115. The molecule has 0 spiro atoms. The second-order valence-corrected chi connectivity index (χ2v) is 5.53. The Morgan fingerprint density at radius 1 is 1.35 bits per heavy atom. The van der Waals surface area contributed by atoms with E-state index < -0.39 is 6.61 Å². The van der Waals surface area contributed by atoms with Crippen LogP contribution in [0.3, 0.4) is 0 Å². The molecule has 2 aromatic rings. The molecule has 0 saturated carbocycles. The lowest BCUT2D eigenvalue weighted by Crippen LogP contribution is -2.13. The van der Waals surface area contributed by atoms with Crippen molar-refractivity contribution in [2.24, 2.45) is 0 Å². The monoisotopic (exact) mass is 298 g/mol. The van der Waals surface area contributed by atoms with Crippen LogP contribution in [-0.4, -0.2) is 11.6 Å². The van der Waals surface area contributed by atoms with Crippen LogP contribution in [-0.2, 0) is 0 Å². The van der Waals surface area contributed by atoms with Crippen LogP contribution in [0.25, 0.3) is 0 Å². The zero-order valence-electron chi connectivity index (χ0n) is 11.3. The van der Waals surface area contributed by atoms with Gasteiger partial charge in [0.25, 0.3) is 0 Å². The van der Waals surface area contributed by atoms with Gasteiger partial charge >= 0.3 is 6.61 Å². The van der Waals surface area contributed by atoms with Gasteiger partial charge in [0.15, 0.2) is 5.13 Å². The highest BCUT2D eigenvalue weighted by Crippen LogP contribution is 2.32. The molecule has 1 aromatic carbocycles. The molecule has 6 heteroatoms. The van der Waals surface area contributed by atoms with Crippen LogP contribution >= 0.6 is 11.3 Å². The van der Waals surface area contributed by atoms with Gasteiger partial charge in [-0.05, 0) is 19.4 Å². The maximum atomic E-state index is 12.4. The van der Waals surface area contributed by atoms with E-state index in [1.807, 2.05) is 19.9 Å². The van der Waals surface area contributed by atoms with E-state index in [0.29, 0.717) is 5.56 Å². The average molecular weight is 298 g/mol. The third-order valence-corrected chi connectivity index (χ3v) is 3.68. The summed E-state index contributed by atoms with van der Waals surface area (Å²) < 4.78 is 29.5. The van der Waals surface area contributed by atoms with Crippen LogP contribution in [0.15, 0.2) is 30.5 Å². The number of nitrogens with one attached hydrogen (secondary N) is 1. The molecule has 0 amide bonds. The Morgan fingerprint density at radius 2 is 2.10 bits per heavy atom. The summed E-state index contributed by atoms with van der Waals surface area (Å²) in [4.78, 5) is 5.33. The SMILES string of the molecule is CCC(Nc1ncc(C)s1)c1ccccc1OC(F)F. The fourth-order valence-electron chi connectivity index (χ4n) is 1.94. The van der Waals surface area contributed by atoms with Gasteiger partial charge in [-0.2, -0.15) is 8.78 Å². The first-order valence-electron chi connectivity index (χ1n) is 6.33. The van der Waals surface area contributed by atoms with E-state index in [0.717, 1.165) is 16.4 Å². The average Bonchev–Trinajstić information content (AvgIpc) is 2.82. The summed E-state index contributed by atoms with van der Waals surface area (Å²) in [6.07, 6.45) is 2.52. The molecule has 1 heterocycles. The summed E-state index contributed by atoms with van der Waals surface area (Å²) in [5, 5.41) is 4.04. The molecule has 20 heavy (non-hydrogen) atoms. The van der Waals surface area contributed by atoms with E-state index in [1.165, 1.54) is 11.3 Å². The van der Waals surface area contributed by atoms with Gasteiger partial charge in [-0.25, -0.2) is 4.98 Å². The molecule has 0 aliphatic heterocycles. The molecule has 1 unspecified atom stereocenters. The number of anilines is 1. The third-order valence-electron chi connectivity index (χ3n) is 2.84. The van der Waals surface area contributed by atoms with Crippen LogP contribution in [0.1, 0.15) is 29.8 Å². The second-order valence-electron chi connectivity index (χ2n) is 4.30. The quantitative estimate of drug-likeness (QED) is 0.845. The first-order valence-corrected chi connectivity index (χ1v) is 7.14. The lowest BCUT2D eigenvalue weighted by Gasteiger charge is -2.20. The van der Waals surface area contributed by atoms with E-state index in [2.05, 4.69) is 15.0 Å². The van der Waals surface area contributed by atoms with Gasteiger partial charge in [-0.3, -0.25) is 0 Å². The van der Waals surface area contributed by atoms with Crippen molar-refractivity contribution in [3.63, 3.8) is 0 Å². The van der Waals surface area contributed by atoms with Crippen LogP contribution in [0, 0.1) is 6.92 Å². The largest absolute Gasteiger partial charge is 0.434 e. The van der Waals surface area contributed by atoms with Gasteiger partial charge in [-0.15, -0.1) is 11.3 Å². The van der Waals surface area contributed by atoms with Crippen molar-refractivity contribution in [3.8, 4) is 5.75 Å². The number of hydrogen-bond donors (Lipinski definition) is 1. The van der Waals surface area contributed by atoms with Crippen LogP contribution < -0.4 is 10.1 Å². The van der Waals surface area contributed by atoms with Crippen LogP contribution in [0.4, 0.5) is 13.9 Å². The van der Waals surface area contributed by atoms with Crippen LogP contribution in [0.5, 0.6) is 5.75 Å². The maximum Gasteiger partial charge on any atom is 0.387 e. The summed E-state index contributed by atoms with van der Waals surface area (Å²) in [5.41, 5.74) is 0.711. The van der Waals surface area contributed by atoms with E-state index in [-0.39, 0.29) is 11.8 Å². The number of rotatable bonds is 6. The van der Waals surface area contributed by atoms with Crippen LogP contribution in [0.2, 0.25) is 0 Å². The van der Waals surface area contributed by atoms with Gasteiger partial charge in [0.2, 0.25) is 0 Å². The van der Waals surface area contributed by atoms with Crippen molar-refractivity contribution in [2.75, 3.05) is 5.32 Å². The summed E-state index contributed by atoms with van der Waals surface area (Å²) in [6.45, 7) is 1.13. The molecule has 3 nitrogen and oxygen atoms in total. The molecule has 0 fully saturated rings. The molecule has 0 aliphatic rings. The molecule has 1 N–H and O–H groups in total. The summed E-state index contributed by atoms with van der Waals surface area (Å²) in [5.74, 6) is 0.204. The molecular formula is C14H16F2N2OS. The number of ether oxygens (including phenoxy) is 1. The zero-order chi connectivity index (χ0) is 14.5. The smallest absolute Gasteiger partial charge is 0.387 e. The molecule has 0 radical (unpaired) electrons. The highest BCUT2D eigenvalue weighted by Gasteiger charge is 2.17. The lowest BCUT2D eigenvalue weighted by molar-refractivity contribution is -0.0505. The number of aryl methyl sites for hydroxylation is 1. The van der Waals surface area contributed by atoms with Crippen molar-refractivity contribution >= 4 is 16.5 Å². The fourth-order valence-corrected chi connectivity index (χ4v) is 2.66. The zero-order valence-corrected chi connectivity index (χ0v) is 12.1.